The monoisotopic (exact) mass is 1400 g/mol. The summed E-state index contributed by atoms with van der Waals surface area (Å²) in [5.41, 5.74) is 33.3. The highest BCUT2D eigenvalue weighted by Gasteiger charge is 2.53. The van der Waals surface area contributed by atoms with Gasteiger partial charge in [-0.3, -0.25) is 39.0 Å². The zero-order valence-corrected chi connectivity index (χ0v) is 53.7. The number of aromatic amines is 1. The first-order chi connectivity index (χ1) is 45.3. The first-order valence-electron chi connectivity index (χ1n) is 29.6. The van der Waals surface area contributed by atoms with Gasteiger partial charge < -0.3 is 136 Å². The van der Waals surface area contributed by atoms with Crippen LogP contribution in [0.3, 0.4) is 0 Å². The average molecular weight is 1400 g/mol. The number of hydrogen-bond donors (Lipinski definition) is 22. The fourth-order valence-corrected chi connectivity index (χ4v) is 11.4. The van der Waals surface area contributed by atoms with Crippen LogP contribution in [0.15, 0.2) is 23.3 Å². The number of rotatable bonds is 35. The van der Waals surface area contributed by atoms with Crippen molar-refractivity contribution < 1.29 is 103 Å². The number of aliphatic hydroxyl groups is 8. The Balaban J connectivity index is 1.29. The van der Waals surface area contributed by atoms with Gasteiger partial charge in [-0.25, -0.2) is 29.7 Å². The van der Waals surface area contributed by atoms with Crippen LogP contribution in [0.4, 0.5) is 10.6 Å². The number of imidazole rings is 1. The number of H-pyrrole nitrogens is 1. The molecule has 6 heterocycles. The van der Waals surface area contributed by atoms with Gasteiger partial charge in [0, 0.05) is 61.8 Å². The molecule has 0 aromatic carbocycles. The largest absolute Gasteiger partial charge is 0.441 e. The summed E-state index contributed by atoms with van der Waals surface area (Å²) < 4.78 is 28.9. The number of amidine groups is 1. The molecule has 0 saturated carbocycles. The molecule has 6 rings (SSSR count). The molecule has 0 aliphatic carbocycles. The van der Waals surface area contributed by atoms with E-state index in [1.807, 2.05) is 0 Å². The number of amides is 8. The maximum Gasteiger partial charge on any atom is 0.404 e. The number of thiazole rings is 2. The average Bonchev–Trinajstić information content (AvgIpc) is 1.46. The van der Waals surface area contributed by atoms with E-state index in [1.54, 1.807) is 10.8 Å². The Hall–Kier alpha value is -8.18. The normalized spacial score (nSPS) is 23.9. The number of nitrogens with zero attached hydrogens (tertiary/aromatic N) is 5. The molecule has 4 aromatic heterocycles. The molecule has 14 unspecified atom stereocenters. The van der Waals surface area contributed by atoms with Crippen LogP contribution >= 0.6 is 22.7 Å². The number of nitrogen functional groups attached to an aromatic ring is 1. The van der Waals surface area contributed by atoms with Gasteiger partial charge in [0.1, 0.15) is 88.5 Å². The van der Waals surface area contributed by atoms with Crippen molar-refractivity contribution in [2.45, 2.75) is 163 Å². The minimum atomic E-state index is -2.20. The molecule has 0 radical (unpaired) electrons. The minimum Gasteiger partial charge on any atom is -0.441 e. The van der Waals surface area contributed by atoms with Crippen molar-refractivity contribution in [3.63, 3.8) is 0 Å². The van der Waals surface area contributed by atoms with E-state index >= 15 is 4.79 Å². The number of hydrogen-bond acceptors (Lipinski definition) is 32. The molecule has 4 aromatic rings. The van der Waals surface area contributed by atoms with Gasteiger partial charge in [0.15, 0.2) is 18.7 Å². The number of primary amides is 3. The number of nitrogens with two attached hydrogens (primary N) is 6. The van der Waals surface area contributed by atoms with Crippen molar-refractivity contribution in [3.05, 3.63) is 56.8 Å². The summed E-state index contributed by atoms with van der Waals surface area (Å²) >= 11 is 2.40. The molecular formula is C54H81N19O21S2. The Morgan fingerprint density at radius 3 is 2.16 bits per heavy atom. The van der Waals surface area contributed by atoms with Gasteiger partial charge in [0.05, 0.1) is 78.0 Å². The van der Waals surface area contributed by atoms with Gasteiger partial charge in [-0.15, -0.1) is 22.7 Å². The van der Waals surface area contributed by atoms with Crippen molar-refractivity contribution in [3.8, 4) is 10.7 Å². The van der Waals surface area contributed by atoms with E-state index in [0.717, 1.165) is 12.5 Å². The highest BCUT2D eigenvalue weighted by molar-refractivity contribution is 7.14. The molecule has 96 heavy (non-hydrogen) atoms. The second-order valence-corrected chi connectivity index (χ2v) is 24.2. The summed E-state index contributed by atoms with van der Waals surface area (Å²) in [4.78, 5) is 131. The van der Waals surface area contributed by atoms with Gasteiger partial charge in [-0.2, -0.15) is 0 Å². The Bertz CT molecular complexity index is 3330. The molecule has 42 heteroatoms. The van der Waals surface area contributed by atoms with Gasteiger partial charge in [-0.05, 0) is 27.2 Å². The van der Waals surface area contributed by atoms with Gasteiger partial charge in [-0.1, -0.05) is 6.92 Å². The van der Waals surface area contributed by atoms with Gasteiger partial charge >= 0.3 is 6.09 Å². The van der Waals surface area contributed by atoms with Crippen LogP contribution in [-0.2, 0) is 54.1 Å². The lowest BCUT2D eigenvalue weighted by molar-refractivity contribution is -0.369. The highest BCUT2D eigenvalue weighted by atomic mass is 32.1. The lowest BCUT2D eigenvalue weighted by atomic mass is 9.93. The van der Waals surface area contributed by atoms with Crippen LogP contribution in [0.1, 0.15) is 95.2 Å². The smallest absolute Gasteiger partial charge is 0.404 e. The maximum atomic E-state index is 15.3. The molecule has 2 saturated heterocycles. The summed E-state index contributed by atoms with van der Waals surface area (Å²) in [7, 11) is 0. The topological polar surface area (TPSA) is 677 Å². The van der Waals surface area contributed by atoms with Crippen LogP contribution in [-0.4, -0.2) is 255 Å². The van der Waals surface area contributed by atoms with Gasteiger partial charge in [0.25, 0.3) is 11.8 Å². The molecular weight excluding hydrogens is 1310 g/mol. The van der Waals surface area contributed by atoms with Crippen LogP contribution in [0.2, 0.25) is 0 Å². The van der Waals surface area contributed by atoms with Crippen molar-refractivity contribution in [1.82, 2.24) is 61.8 Å². The van der Waals surface area contributed by atoms with E-state index in [4.69, 9.17) is 63.5 Å². The number of aromatic nitrogens is 6. The zero-order chi connectivity index (χ0) is 71.0. The third-order valence-electron chi connectivity index (χ3n) is 15.2. The molecule has 8 amide bonds. The fraction of sp³-hybridized carbons (Fsp3) is 0.593. The quantitative estimate of drug-likeness (QED) is 0.0150. The zero-order valence-electron chi connectivity index (χ0n) is 52.0. The van der Waals surface area contributed by atoms with Crippen LogP contribution in [0, 0.1) is 18.3 Å². The van der Waals surface area contributed by atoms with E-state index < -0.39 is 195 Å². The predicted molar refractivity (Wildman–Crippen MR) is 331 cm³/mol. The molecule has 40 nitrogen and oxygen atoms in total. The highest BCUT2D eigenvalue weighted by Crippen LogP contribution is 2.35. The molecule has 2 aliphatic rings. The second kappa shape index (κ2) is 35.2. The lowest BCUT2D eigenvalue weighted by Crippen LogP contribution is -2.65. The molecule has 0 spiro atoms. The third kappa shape index (κ3) is 20.2. The van der Waals surface area contributed by atoms with Crippen molar-refractivity contribution in [2.75, 3.05) is 38.6 Å². The standard InChI is InChI=1S/C54H81N19O21S2/c1-18-32(70-45(73-43(18)59)24(11-30(58)77)65-12-22(55)44(60)83)49(87)72-34(40(25-13-62-17-66-25)92-53-42(38(81)36(79)21(4)90-53)93-52-39(82)41(94-54(61)89)37(80)28(14-75)91-52)50(88)68-23(7-10-74)35(78)19(2)46(84)71-33(20(3)76)48(86)64-9-6-31-67-27(16-95-31)51-69-26(15-96-51)47(85)63-8-5-29(56)57/h13,15-17,19-24,28,33-42,52-53,65,74-76,78-82H,5-12,14,55H2,1-4H3,(H3,56,57)(H2,58,77)(H2,60,83)(H2,61,89)(H,62,66)(H,63,85)(H,64,86)(H,68,88)(H,71,84)(H,72,87)(H2,59,70,73)/t19?,20?,21?,22-,23?,24-,28?,33-,34-,35?,36?,37?,38?,39?,40-,41?,42?,52?,53?/m0/s1. The molecule has 2 fully saturated rings. The number of carbonyl (C=O) groups excluding carboxylic acids is 8. The number of anilines is 1. The van der Waals surface area contributed by atoms with Crippen molar-refractivity contribution in [2.24, 2.45) is 34.6 Å². The van der Waals surface area contributed by atoms with Gasteiger partial charge in [0.2, 0.25) is 29.5 Å². The van der Waals surface area contributed by atoms with E-state index in [0.29, 0.717) is 15.7 Å². The van der Waals surface area contributed by atoms with E-state index in [-0.39, 0.29) is 66.9 Å². The molecule has 530 valence electrons. The Morgan fingerprint density at radius 2 is 1.53 bits per heavy atom. The summed E-state index contributed by atoms with van der Waals surface area (Å²) in [6.45, 7) is 2.96. The maximum absolute atomic E-state index is 15.3. The number of ether oxygens (including phenoxy) is 5. The van der Waals surface area contributed by atoms with Crippen LogP contribution < -0.4 is 66.3 Å². The fourth-order valence-electron chi connectivity index (χ4n) is 9.75. The Labute approximate surface area is 553 Å². The molecule has 28 N–H and O–H groups in total. The predicted octanol–water partition coefficient (Wildman–Crippen LogP) is -8.26. The Morgan fingerprint density at radius 1 is 0.812 bits per heavy atom. The Kier molecular flexibility index (Phi) is 28.2. The minimum absolute atomic E-state index is 0.0489. The van der Waals surface area contributed by atoms with Crippen molar-refractivity contribution >= 4 is 81.8 Å². The van der Waals surface area contributed by atoms with E-state index in [1.165, 1.54) is 50.4 Å². The van der Waals surface area contributed by atoms with E-state index in [9.17, 15) is 74.4 Å². The second-order valence-electron chi connectivity index (χ2n) is 22.4. The SMILES string of the molecule is Cc1c(N)nc([C@H](CC(N)=O)NC[C@H](N)C(N)=O)nc1C(=O)N[C@H](C(=O)NC(CCO)C(O)C(C)C(=O)N[C@H](C(=O)NCCc1nc(-c2nc(C(=O)NCCC(=N)N)cs2)cs1)C(C)O)[C@@H](OC1OC(C)C(O)C(O)C1OC1OC(CO)C(O)C(OC(N)=O)C1O)c1cnc[nH]1. The summed E-state index contributed by atoms with van der Waals surface area (Å²) in [6.07, 6.45) is -24.7. The third-order valence-corrected chi connectivity index (χ3v) is 17.0. The first kappa shape index (κ1) is 76.8. The van der Waals surface area contributed by atoms with Crippen molar-refractivity contribution in [1.29, 1.82) is 5.41 Å². The molecule has 0 bridgehead atoms. The first-order valence-corrected chi connectivity index (χ1v) is 31.4. The van der Waals surface area contributed by atoms with E-state index in [2.05, 4.69) is 61.8 Å². The van der Waals surface area contributed by atoms with Crippen LogP contribution in [0.5, 0.6) is 0 Å². The van der Waals surface area contributed by atoms with Crippen LogP contribution in [0.25, 0.3) is 10.7 Å². The number of nitrogens with one attached hydrogen (secondary N) is 8. The number of carbonyl (C=O) groups is 8. The summed E-state index contributed by atoms with van der Waals surface area (Å²) in [5, 5.41) is 115. The lowest BCUT2D eigenvalue weighted by Gasteiger charge is -2.46. The number of aliphatic hydroxyl groups excluding tert-OH is 8. The molecule has 19 atom stereocenters. The summed E-state index contributed by atoms with van der Waals surface area (Å²) in [5.74, 6) is -9.22. The summed E-state index contributed by atoms with van der Waals surface area (Å²) in [6, 6.07) is -8.10. The molecule has 2 aliphatic heterocycles.